The minimum atomic E-state index is -0.197. The summed E-state index contributed by atoms with van der Waals surface area (Å²) in [6.45, 7) is 6.19. The molecule has 0 aliphatic carbocycles. The molecule has 3 N–H and O–H groups in total. The van der Waals surface area contributed by atoms with Gasteiger partial charge < -0.3 is 20.3 Å². The smallest absolute Gasteiger partial charge is 0.0701 e. The lowest BCUT2D eigenvalue weighted by atomic mass is 9.96. The van der Waals surface area contributed by atoms with Crippen LogP contribution in [0.5, 0.6) is 0 Å². The summed E-state index contributed by atoms with van der Waals surface area (Å²) in [6.07, 6.45) is 1.84. The molecule has 4 heteroatoms. The SMILES string of the molecule is CCC(N)(CC)COCCOCCO. The first-order chi connectivity index (χ1) is 6.68. The lowest BCUT2D eigenvalue weighted by Gasteiger charge is -2.26. The van der Waals surface area contributed by atoms with Crippen LogP contribution in [-0.4, -0.2) is 43.7 Å². The van der Waals surface area contributed by atoms with Crippen molar-refractivity contribution in [1.29, 1.82) is 0 Å². The summed E-state index contributed by atoms with van der Waals surface area (Å²) in [5.74, 6) is 0. The third-order valence-corrected chi connectivity index (χ3v) is 2.41. The minimum absolute atomic E-state index is 0.0603. The van der Waals surface area contributed by atoms with Gasteiger partial charge in [-0.2, -0.15) is 0 Å². The zero-order valence-corrected chi connectivity index (χ0v) is 9.29. The molecule has 14 heavy (non-hydrogen) atoms. The second kappa shape index (κ2) is 8.17. The van der Waals surface area contributed by atoms with E-state index >= 15 is 0 Å². The Morgan fingerprint density at radius 2 is 1.64 bits per heavy atom. The van der Waals surface area contributed by atoms with Crippen molar-refractivity contribution in [2.45, 2.75) is 32.2 Å². The molecule has 0 spiro atoms. The van der Waals surface area contributed by atoms with Crippen LogP contribution in [0.15, 0.2) is 0 Å². The van der Waals surface area contributed by atoms with Crippen LogP contribution in [0.3, 0.4) is 0 Å². The summed E-state index contributed by atoms with van der Waals surface area (Å²) in [5, 5.41) is 8.44. The topological polar surface area (TPSA) is 64.7 Å². The van der Waals surface area contributed by atoms with Crippen molar-refractivity contribution in [1.82, 2.24) is 0 Å². The van der Waals surface area contributed by atoms with Gasteiger partial charge in [0.1, 0.15) is 0 Å². The number of hydrogen-bond acceptors (Lipinski definition) is 4. The first kappa shape index (κ1) is 13.8. The second-order valence-electron chi connectivity index (χ2n) is 3.46. The maximum absolute atomic E-state index is 8.44. The molecule has 0 bridgehead atoms. The molecule has 86 valence electrons. The Labute approximate surface area is 86.4 Å². The van der Waals surface area contributed by atoms with E-state index in [0.29, 0.717) is 26.4 Å². The van der Waals surface area contributed by atoms with Crippen molar-refractivity contribution < 1.29 is 14.6 Å². The number of aliphatic hydroxyl groups excluding tert-OH is 1. The zero-order chi connectivity index (χ0) is 10.9. The average molecular weight is 205 g/mol. The van der Waals surface area contributed by atoms with Gasteiger partial charge >= 0.3 is 0 Å². The minimum Gasteiger partial charge on any atom is -0.394 e. The molecule has 0 unspecified atom stereocenters. The van der Waals surface area contributed by atoms with Gasteiger partial charge in [0.05, 0.1) is 33.0 Å². The molecule has 0 rings (SSSR count). The summed E-state index contributed by atoms with van der Waals surface area (Å²) in [5.41, 5.74) is 5.83. The van der Waals surface area contributed by atoms with E-state index in [1.54, 1.807) is 0 Å². The fourth-order valence-corrected chi connectivity index (χ4v) is 1.01. The summed E-state index contributed by atoms with van der Waals surface area (Å²) in [6, 6.07) is 0. The van der Waals surface area contributed by atoms with E-state index in [1.807, 2.05) is 0 Å². The Balaban J connectivity index is 3.34. The molecule has 0 aromatic carbocycles. The van der Waals surface area contributed by atoms with Gasteiger partial charge in [-0.1, -0.05) is 13.8 Å². The van der Waals surface area contributed by atoms with Crippen LogP contribution in [0.2, 0.25) is 0 Å². The first-order valence-corrected chi connectivity index (χ1v) is 5.23. The van der Waals surface area contributed by atoms with Gasteiger partial charge in [0.15, 0.2) is 0 Å². The van der Waals surface area contributed by atoms with E-state index in [0.717, 1.165) is 12.8 Å². The van der Waals surface area contributed by atoms with Crippen molar-refractivity contribution in [2.75, 3.05) is 33.0 Å². The summed E-state index contributed by atoms with van der Waals surface area (Å²) in [7, 11) is 0. The Kier molecular flexibility index (Phi) is 8.08. The van der Waals surface area contributed by atoms with Gasteiger partial charge in [-0.3, -0.25) is 0 Å². The fraction of sp³-hybridized carbons (Fsp3) is 1.00. The van der Waals surface area contributed by atoms with E-state index in [4.69, 9.17) is 20.3 Å². The summed E-state index contributed by atoms with van der Waals surface area (Å²) >= 11 is 0. The van der Waals surface area contributed by atoms with E-state index in [2.05, 4.69) is 13.8 Å². The summed E-state index contributed by atoms with van der Waals surface area (Å²) in [4.78, 5) is 0. The van der Waals surface area contributed by atoms with E-state index < -0.39 is 0 Å². The van der Waals surface area contributed by atoms with Crippen LogP contribution in [0, 0.1) is 0 Å². The third kappa shape index (κ3) is 6.32. The molecule has 0 aliphatic heterocycles. The molecule has 0 saturated heterocycles. The molecule has 0 aromatic heterocycles. The van der Waals surface area contributed by atoms with Gasteiger partial charge in [0, 0.05) is 5.54 Å². The molecular weight excluding hydrogens is 182 g/mol. The molecule has 0 heterocycles. The summed E-state index contributed by atoms with van der Waals surface area (Å²) < 4.78 is 10.4. The normalized spacial score (nSPS) is 12.0. The highest BCUT2D eigenvalue weighted by Crippen LogP contribution is 2.10. The molecule has 0 amide bonds. The van der Waals surface area contributed by atoms with Crippen LogP contribution >= 0.6 is 0 Å². The lowest BCUT2D eigenvalue weighted by molar-refractivity contribution is 0.0156. The highest BCUT2D eigenvalue weighted by molar-refractivity contribution is 4.80. The van der Waals surface area contributed by atoms with Crippen LogP contribution in [0.4, 0.5) is 0 Å². The molecule has 4 nitrogen and oxygen atoms in total. The highest BCUT2D eigenvalue weighted by atomic mass is 16.5. The fourth-order valence-electron chi connectivity index (χ4n) is 1.01. The van der Waals surface area contributed by atoms with E-state index in [-0.39, 0.29) is 12.1 Å². The van der Waals surface area contributed by atoms with Gasteiger partial charge in [0.2, 0.25) is 0 Å². The maximum Gasteiger partial charge on any atom is 0.0701 e. The molecule has 0 aromatic rings. The van der Waals surface area contributed by atoms with Crippen LogP contribution in [-0.2, 0) is 9.47 Å². The Morgan fingerprint density at radius 1 is 1.07 bits per heavy atom. The van der Waals surface area contributed by atoms with Crippen LogP contribution in [0.1, 0.15) is 26.7 Å². The standard InChI is InChI=1S/C10H23NO3/c1-3-10(11,4-2)9-14-8-7-13-6-5-12/h12H,3-9,11H2,1-2H3. The predicted molar refractivity (Wildman–Crippen MR) is 56.2 cm³/mol. The predicted octanol–water partition coefficient (Wildman–Crippen LogP) is 0.529. The van der Waals surface area contributed by atoms with Crippen molar-refractivity contribution >= 4 is 0 Å². The first-order valence-electron chi connectivity index (χ1n) is 5.23. The average Bonchev–Trinajstić information content (AvgIpc) is 2.23. The van der Waals surface area contributed by atoms with Crippen LogP contribution < -0.4 is 5.73 Å². The lowest BCUT2D eigenvalue weighted by Crippen LogP contribution is -2.43. The van der Waals surface area contributed by atoms with E-state index in [1.165, 1.54) is 0 Å². The number of hydrogen-bond donors (Lipinski definition) is 2. The molecule has 0 aliphatic rings. The second-order valence-corrected chi connectivity index (χ2v) is 3.46. The van der Waals surface area contributed by atoms with Gasteiger partial charge in [0.25, 0.3) is 0 Å². The van der Waals surface area contributed by atoms with E-state index in [9.17, 15) is 0 Å². The maximum atomic E-state index is 8.44. The van der Waals surface area contributed by atoms with Crippen molar-refractivity contribution in [2.24, 2.45) is 5.73 Å². The molecule has 0 saturated carbocycles. The largest absolute Gasteiger partial charge is 0.394 e. The number of ether oxygens (including phenoxy) is 2. The van der Waals surface area contributed by atoms with Crippen molar-refractivity contribution in [3.63, 3.8) is 0 Å². The van der Waals surface area contributed by atoms with Crippen molar-refractivity contribution in [3.05, 3.63) is 0 Å². The number of nitrogens with two attached hydrogens (primary N) is 1. The number of rotatable bonds is 9. The van der Waals surface area contributed by atoms with Crippen LogP contribution in [0.25, 0.3) is 0 Å². The number of aliphatic hydroxyl groups is 1. The highest BCUT2D eigenvalue weighted by Gasteiger charge is 2.19. The quantitative estimate of drug-likeness (QED) is 0.539. The molecule has 0 radical (unpaired) electrons. The van der Waals surface area contributed by atoms with Gasteiger partial charge in [-0.05, 0) is 12.8 Å². The monoisotopic (exact) mass is 205 g/mol. The molecule has 0 fully saturated rings. The Bertz CT molecular complexity index is 127. The zero-order valence-electron chi connectivity index (χ0n) is 9.29. The molecule has 0 atom stereocenters. The van der Waals surface area contributed by atoms with Gasteiger partial charge in [-0.25, -0.2) is 0 Å². The third-order valence-electron chi connectivity index (χ3n) is 2.41. The van der Waals surface area contributed by atoms with Gasteiger partial charge in [-0.15, -0.1) is 0 Å². The Morgan fingerprint density at radius 3 is 2.14 bits per heavy atom. The Hall–Kier alpha value is -0.160. The van der Waals surface area contributed by atoms with Crippen molar-refractivity contribution in [3.8, 4) is 0 Å². The molecular formula is C10H23NO3.